The maximum absolute atomic E-state index is 11.0. The van der Waals surface area contributed by atoms with Crippen molar-refractivity contribution in [2.24, 2.45) is 11.8 Å². The number of Topliss-reactive ketones (excluding diaryl/α,β-unsaturated/α-hetero) is 2. The van der Waals surface area contributed by atoms with Gasteiger partial charge in [0.1, 0.15) is 0 Å². The van der Waals surface area contributed by atoms with Crippen molar-refractivity contribution in [2.45, 2.75) is 25.7 Å². The normalized spacial score (nSPS) is 24.4. The molecule has 0 atom stereocenters. The molecule has 0 spiro atoms. The molecule has 0 aromatic rings. The molecule has 2 nitrogen and oxygen atoms in total. The van der Waals surface area contributed by atoms with Crippen LogP contribution in [0.2, 0.25) is 0 Å². The van der Waals surface area contributed by atoms with Crippen LogP contribution in [0.4, 0.5) is 0 Å². The zero-order chi connectivity index (χ0) is 7.14. The smallest absolute Gasteiger partial charge is 0.201 e. The van der Waals surface area contributed by atoms with E-state index in [9.17, 15) is 9.59 Å². The molecule has 2 fully saturated rings. The highest BCUT2D eigenvalue weighted by molar-refractivity contribution is 6.39. The van der Waals surface area contributed by atoms with E-state index in [-0.39, 0.29) is 23.4 Å². The molecule has 0 heterocycles. The predicted octanol–water partition coefficient (Wildman–Crippen LogP) is 0.945. The predicted molar refractivity (Wildman–Crippen MR) is 35.5 cm³/mol. The molecule has 2 saturated carbocycles. The monoisotopic (exact) mass is 138 g/mol. The first-order chi connectivity index (χ1) is 4.79. The van der Waals surface area contributed by atoms with E-state index >= 15 is 0 Å². The lowest BCUT2D eigenvalue weighted by molar-refractivity contribution is -0.138. The summed E-state index contributed by atoms with van der Waals surface area (Å²) in [6, 6.07) is 0. The van der Waals surface area contributed by atoms with E-state index < -0.39 is 0 Å². The Morgan fingerprint density at radius 1 is 0.800 bits per heavy atom. The molecule has 0 aliphatic heterocycles. The lowest BCUT2D eigenvalue weighted by atomic mass is 10.1. The van der Waals surface area contributed by atoms with E-state index in [1.807, 2.05) is 0 Å². The van der Waals surface area contributed by atoms with Gasteiger partial charge in [0.15, 0.2) is 0 Å². The standard InChI is InChI=1S/C8H10O2/c9-7(5-1-2-5)8(10)6-3-4-6/h5-6H,1-4H2. The molecule has 2 aliphatic rings. The zero-order valence-corrected chi connectivity index (χ0v) is 5.80. The summed E-state index contributed by atoms with van der Waals surface area (Å²) in [5.41, 5.74) is 0. The van der Waals surface area contributed by atoms with Crippen molar-refractivity contribution >= 4 is 11.6 Å². The Kier molecular flexibility index (Phi) is 1.16. The largest absolute Gasteiger partial charge is 0.291 e. The second-order valence-electron chi connectivity index (χ2n) is 3.28. The first-order valence-corrected chi connectivity index (χ1v) is 3.87. The minimum atomic E-state index is -0.0810. The van der Waals surface area contributed by atoms with Gasteiger partial charge in [-0.15, -0.1) is 0 Å². The highest BCUT2D eigenvalue weighted by Crippen LogP contribution is 2.36. The van der Waals surface area contributed by atoms with Crippen LogP contribution in [0.5, 0.6) is 0 Å². The van der Waals surface area contributed by atoms with Crippen LogP contribution in [-0.4, -0.2) is 11.6 Å². The van der Waals surface area contributed by atoms with Gasteiger partial charge in [-0.25, -0.2) is 0 Å². The molecule has 2 aliphatic carbocycles. The van der Waals surface area contributed by atoms with E-state index in [2.05, 4.69) is 0 Å². The first kappa shape index (κ1) is 6.08. The van der Waals surface area contributed by atoms with Gasteiger partial charge in [-0.1, -0.05) is 0 Å². The Hall–Kier alpha value is -0.660. The summed E-state index contributed by atoms with van der Waals surface area (Å²) in [7, 11) is 0. The van der Waals surface area contributed by atoms with Crippen molar-refractivity contribution in [3.05, 3.63) is 0 Å². The Balaban J connectivity index is 1.95. The van der Waals surface area contributed by atoms with Crippen LogP contribution in [0, 0.1) is 11.8 Å². The summed E-state index contributed by atoms with van der Waals surface area (Å²) in [5, 5.41) is 0. The molecule has 0 aromatic heterocycles. The van der Waals surface area contributed by atoms with Crippen LogP contribution in [0.1, 0.15) is 25.7 Å². The quantitative estimate of drug-likeness (QED) is 0.544. The van der Waals surface area contributed by atoms with Gasteiger partial charge in [0, 0.05) is 11.8 Å². The van der Waals surface area contributed by atoms with Crippen molar-refractivity contribution in [3.63, 3.8) is 0 Å². The van der Waals surface area contributed by atoms with Gasteiger partial charge in [0.05, 0.1) is 0 Å². The van der Waals surface area contributed by atoms with Crippen LogP contribution in [0.15, 0.2) is 0 Å². The van der Waals surface area contributed by atoms with Crippen LogP contribution in [0.25, 0.3) is 0 Å². The number of carbonyl (C=O) groups excluding carboxylic acids is 2. The van der Waals surface area contributed by atoms with Crippen LogP contribution in [0.3, 0.4) is 0 Å². The highest BCUT2D eigenvalue weighted by atomic mass is 16.2. The highest BCUT2D eigenvalue weighted by Gasteiger charge is 2.41. The van der Waals surface area contributed by atoms with Crippen molar-refractivity contribution in [1.82, 2.24) is 0 Å². The fourth-order valence-corrected chi connectivity index (χ4v) is 1.09. The summed E-state index contributed by atoms with van der Waals surface area (Å²) in [6.45, 7) is 0. The van der Waals surface area contributed by atoms with E-state index in [0.717, 1.165) is 25.7 Å². The van der Waals surface area contributed by atoms with Gasteiger partial charge < -0.3 is 0 Å². The average Bonchev–Trinajstić information content (AvgIpc) is 2.73. The molecule has 0 bridgehead atoms. The Morgan fingerprint density at radius 2 is 1.10 bits per heavy atom. The van der Waals surface area contributed by atoms with Crippen molar-refractivity contribution in [3.8, 4) is 0 Å². The number of rotatable bonds is 3. The van der Waals surface area contributed by atoms with E-state index in [4.69, 9.17) is 0 Å². The lowest BCUT2D eigenvalue weighted by Crippen LogP contribution is -2.17. The third-order valence-corrected chi connectivity index (χ3v) is 2.14. The number of hydrogen-bond acceptors (Lipinski definition) is 2. The van der Waals surface area contributed by atoms with Gasteiger partial charge >= 0.3 is 0 Å². The van der Waals surface area contributed by atoms with Crippen LogP contribution < -0.4 is 0 Å². The zero-order valence-electron chi connectivity index (χ0n) is 5.80. The fourth-order valence-electron chi connectivity index (χ4n) is 1.09. The third-order valence-electron chi connectivity index (χ3n) is 2.14. The molecule has 0 aromatic carbocycles. The summed E-state index contributed by atoms with van der Waals surface area (Å²) >= 11 is 0. The van der Waals surface area contributed by atoms with Crippen LogP contribution >= 0.6 is 0 Å². The Labute approximate surface area is 59.6 Å². The minimum absolute atomic E-state index is 0.0810. The maximum Gasteiger partial charge on any atom is 0.201 e. The Bertz CT molecular complexity index is 165. The second kappa shape index (κ2) is 1.91. The van der Waals surface area contributed by atoms with E-state index in [1.54, 1.807) is 0 Å². The summed E-state index contributed by atoms with van der Waals surface area (Å²) in [6.07, 6.45) is 3.82. The van der Waals surface area contributed by atoms with Crippen molar-refractivity contribution in [2.75, 3.05) is 0 Å². The lowest BCUT2D eigenvalue weighted by Gasteiger charge is -1.91. The Morgan fingerprint density at radius 3 is 1.30 bits per heavy atom. The molecule has 10 heavy (non-hydrogen) atoms. The van der Waals surface area contributed by atoms with Crippen LogP contribution in [-0.2, 0) is 9.59 Å². The van der Waals surface area contributed by atoms with Gasteiger partial charge in [-0.2, -0.15) is 0 Å². The number of ketones is 2. The molecule has 54 valence electrons. The van der Waals surface area contributed by atoms with E-state index in [0.29, 0.717) is 0 Å². The molecule has 2 heteroatoms. The molecular weight excluding hydrogens is 128 g/mol. The molecule has 0 N–H and O–H groups in total. The molecule has 2 rings (SSSR count). The van der Waals surface area contributed by atoms with Gasteiger partial charge in [-0.05, 0) is 25.7 Å². The van der Waals surface area contributed by atoms with Crippen molar-refractivity contribution in [1.29, 1.82) is 0 Å². The molecule has 0 unspecified atom stereocenters. The minimum Gasteiger partial charge on any atom is -0.291 e. The second-order valence-corrected chi connectivity index (χ2v) is 3.28. The summed E-state index contributed by atoms with van der Waals surface area (Å²) in [5.74, 6) is 0.103. The van der Waals surface area contributed by atoms with Crippen molar-refractivity contribution < 1.29 is 9.59 Å². The number of carbonyl (C=O) groups is 2. The SMILES string of the molecule is O=C(C(=O)C1CC1)C1CC1. The maximum atomic E-state index is 11.0. The van der Waals surface area contributed by atoms with Gasteiger partial charge in [0.2, 0.25) is 11.6 Å². The molecule has 0 radical (unpaired) electrons. The number of hydrogen-bond donors (Lipinski definition) is 0. The molecule has 0 saturated heterocycles. The molecule has 0 amide bonds. The van der Waals surface area contributed by atoms with E-state index in [1.165, 1.54) is 0 Å². The first-order valence-electron chi connectivity index (χ1n) is 3.87. The summed E-state index contributed by atoms with van der Waals surface area (Å²) < 4.78 is 0. The van der Waals surface area contributed by atoms with Gasteiger partial charge in [-0.3, -0.25) is 9.59 Å². The topological polar surface area (TPSA) is 34.1 Å². The third kappa shape index (κ3) is 0.981. The molecular formula is C8H10O2. The average molecular weight is 138 g/mol. The van der Waals surface area contributed by atoms with Gasteiger partial charge in [0.25, 0.3) is 0 Å². The summed E-state index contributed by atoms with van der Waals surface area (Å²) in [4.78, 5) is 22.1. The fraction of sp³-hybridized carbons (Fsp3) is 0.750.